The van der Waals surface area contributed by atoms with Crippen LogP contribution in [0.4, 0.5) is 0 Å². The summed E-state index contributed by atoms with van der Waals surface area (Å²) >= 11 is 1.10. The Morgan fingerprint density at radius 3 is 2.62 bits per heavy atom. The maximum atomic E-state index is 13.3. The van der Waals surface area contributed by atoms with Gasteiger partial charge in [-0.1, -0.05) is 59.8 Å². The lowest BCUT2D eigenvalue weighted by Crippen LogP contribution is -2.32. The number of aromatic amines is 1. The molecule has 2 N–H and O–H groups in total. The number of ether oxygens (including phenoxy) is 1. The molecule has 0 saturated carbocycles. The van der Waals surface area contributed by atoms with E-state index in [0.717, 1.165) is 42.3 Å². The Morgan fingerprint density at radius 1 is 1.19 bits per heavy atom. The molecule has 1 aliphatic heterocycles. The van der Waals surface area contributed by atoms with Crippen LogP contribution in [0.1, 0.15) is 18.4 Å². The van der Waals surface area contributed by atoms with Crippen LogP contribution in [0, 0.1) is 6.92 Å². The summed E-state index contributed by atoms with van der Waals surface area (Å²) in [6.45, 7) is 3.17. The molecule has 1 aliphatic rings. The number of carbonyl (C=O) groups excluding carboxylic acids is 1. The average molecular weight is 472 g/mol. The number of sulfone groups is 1. The third-order valence-corrected chi connectivity index (χ3v) is 8.01. The van der Waals surface area contributed by atoms with Gasteiger partial charge in [0.2, 0.25) is 15.7 Å². The summed E-state index contributed by atoms with van der Waals surface area (Å²) in [5.74, 6) is 0.317. The summed E-state index contributed by atoms with van der Waals surface area (Å²) in [5.41, 5.74) is 1.87. The summed E-state index contributed by atoms with van der Waals surface area (Å²) in [7, 11) is -3.83. The number of aromatic nitrogens is 2. The molecule has 1 atom stereocenters. The number of hydrogen-bond acceptors (Lipinski definition) is 6. The van der Waals surface area contributed by atoms with Gasteiger partial charge in [-0.2, -0.15) is 0 Å². The summed E-state index contributed by atoms with van der Waals surface area (Å²) < 4.78 is 32.1. The van der Waals surface area contributed by atoms with Crippen molar-refractivity contribution >= 4 is 27.5 Å². The van der Waals surface area contributed by atoms with Crippen LogP contribution in [0.3, 0.4) is 0 Å². The summed E-state index contributed by atoms with van der Waals surface area (Å²) in [6.07, 6.45) is 1.99. The molecular formula is C23H25N3O4S2. The van der Waals surface area contributed by atoms with E-state index in [4.69, 9.17) is 4.74 Å². The van der Waals surface area contributed by atoms with Gasteiger partial charge in [-0.3, -0.25) is 4.79 Å². The SMILES string of the molecule is Cc1ccc(-c2nc(SCC(=O)NC[C@@H]3CCCO3)c(S(=O)(=O)c3ccccc3)[nH]2)cc1. The summed E-state index contributed by atoms with van der Waals surface area (Å²) in [5, 5.41) is 3.13. The minimum absolute atomic E-state index is 0.00352. The van der Waals surface area contributed by atoms with Gasteiger partial charge in [0.1, 0.15) is 10.9 Å². The molecule has 0 unspecified atom stereocenters. The van der Waals surface area contributed by atoms with E-state index >= 15 is 0 Å². The Balaban J connectivity index is 1.57. The molecule has 2 heterocycles. The molecule has 4 rings (SSSR count). The van der Waals surface area contributed by atoms with Crippen molar-refractivity contribution in [1.29, 1.82) is 0 Å². The third-order valence-electron chi connectivity index (χ3n) is 5.18. The molecule has 1 amide bonds. The van der Waals surface area contributed by atoms with Crippen LogP contribution in [0.2, 0.25) is 0 Å². The Labute approximate surface area is 191 Å². The molecule has 0 spiro atoms. The number of nitrogens with one attached hydrogen (secondary N) is 2. The Kier molecular flexibility index (Phi) is 6.98. The van der Waals surface area contributed by atoms with Crippen LogP contribution >= 0.6 is 11.8 Å². The van der Waals surface area contributed by atoms with E-state index in [9.17, 15) is 13.2 Å². The number of H-pyrrole nitrogens is 1. The van der Waals surface area contributed by atoms with Crippen molar-refractivity contribution in [3.05, 3.63) is 60.2 Å². The van der Waals surface area contributed by atoms with Gasteiger partial charge in [-0.05, 0) is 31.9 Å². The smallest absolute Gasteiger partial charge is 0.230 e. The Bertz CT molecular complexity index is 1170. The molecule has 0 radical (unpaired) electrons. The van der Waals surface area contributed by atoms with Gasteiger partial charge in [0, 0.05) is 18.7 Å². The third kappa shape index (κ3) is 5.23. The van der Waals surface area contributed by atoms with E-state index in [1.54, 1.807) is 30.3 Å². The molecule has 168 valence electrons. The fraction of sp³-hybridized carbons (Fsp3) is 0.304. The monoisotopic (exact) mass is 471 g/mol. The largest absolute Gasteiger partial charge is 0.376 e. The molecule has 0 bridgehead atoms. The van der Waals surface area contributed by atoms with E-state index in [1.165, 1.54) is 0 Å². The molecule has 1 aromatic heterocycles. The first-order valence-corrected chi connectivity index (χ1v) is 12.9. The standard InChI is InChI=1S/C23H25N3O4S2/c1-16-9-11-17(12-10-16)21-25-22(31-15-20(27)24-14-18-6-5-13-30-18)23(26-21)32(28,29)19-7-3-2-4-8-19/h2-4,7-12,18H,5-6,13-15H2,1H3,(H,24,27)(H,25,26)/t18-/m0/s1. The highest BCUT2D eigenvalue weighted by molar-refractivity contribution is 8.00. The normalized spacial score (nSPS) is 16.2. The lowest BCUT2D eigenvalue weighted by molar-refractivity contribution is -0.119. The van der Waals surface area contributed by atoms with Crippen LogP contribution in [-0.4, -0.2) is 49.3 Å². The van der Waals surface area contributed by atoms with Crippen molar-refractivity contribution in [1.82, 2.24) is 15.3 Å². The van der Waals surface area contributed by atoms with E-state index in [0.29, 0.717) is 12.4 Å². The zero-order valence-electron chi connectivity index (χ0n) is 17.7. The summed E-state index contributed by atoms with van der Waals surface area (Å²) in [6, 6.07) is 15.9. The van der Waals surface area contributed by atoms with Crippen LogP contribution in [0.5, 0.6) is 0 Å². The number of thioether (sulfide) groups is 1. The average Bonchev–Trinajstić information content (AvgIpc) is 3.48. The number of aryl methyl sites for hydroxylation is 1. The minimum atomic E-state index is -3.83. The van der Waals surface area contributed by atoms with Crippen LogP contribution < -0.4 is 5.32 Å². The number of imidazole rings is 1. The summed E-state index contributed by atoms with van der Waals surface area (Å²) in [4.78, 5) is 20.0. The molecule has 7 nitrogen and oxygen atoms in total. The highest BCUT2D eigenvalue weighted by Gasteiger charge is 2.27. The topological polar surface area (TPSA) is 101 Å². The first kappa shape index (κ1) is 22.6. The lowest BCUT2D eigenvalue weighted by atomic mass is 10.1. The molecule has 1 fully saturated rings. The number of nitrogens with zero attached hydrogens (tertiary/aromatic N) is 1. The van der Waals surface area contributed by atoms with Gasteiger partial charge in [-0.15, -0.1) is 0 Å². The highest BCUT2D eigenvalue weighted by Crippen LogP contribution is 2.32. The van der Waals surface area contributed by atoms with Crippen molar-refractivity contribution in [3.63, 3.8) is 0 Å². The van der Waals surface area contributed by atoms with E-state index in [-0.39, 0.29) is 32.7 Å². The fourth-order valence-electron chi connectivity index (χ4n) is 3.40. The maximum Gasteiger partial charge on any atom is 0.230 e. The van der Waals surface area contributed by atoms with E-state index in [1.807, 2.05) is 31.2 Å². The van der Waals surface area contributed by atoms with Gasteiger partial charge in [0.05, 0.1) is 16.8 Å². The predicted octanol–water partition coefficient (Wildman–Crippen LogP) is 3.61. The Hall–Kier alpha value is -2.62. The van der Waals surface area contributed by atoms with E-state index in [2.05, 4.69) is 15.3 Å². The second-order valence-electron chi connectivity index (χ2n) is 7.63. The number of rotatable bonds is 8. The maximum absolute atomic E-state index is 13.3. The van der Waals surface area contributed by atoms with Crippen molar-refractivity contribution in [3.8, 4) is 11.4 Å². The van der Waals surface area contributed by atoms with Crippen LogP contribution in [-0.2, 0) is 19.4 Å². The van der Waals surface area contributed by atoms with Gasteiger partial charge >= 0.3 is 0 Å². The first-order valence-electron chi connectivity index (χ1n) is 10.4. The van der Waals surface area contributed by atoms with Crippen LogP contribution in [0.25, 0.3) is 11.4 Å². The zero-order chi connectivity index (χ0) is 22.6. The predicted molar refractivity (Wildman–Crippen MR) is 123 cm³/mol. The molecule has 1 saturated heterocycles. The van der Waals surface area contributed by atoms with Crippen molar-refractivity contribution in [2.75, 3.05) is 18.9 Å². The van der Waals surface area contributed by atoms with Crippen LogP contribution in [0.15, 0.2) is 69.5 Å². The van der Waals surface area contributed by atoms with Gasteiger partial charge in [-0.25, -0.2) is 13.4 Å². The first-order chi connectivity index (χ1) is 15.4. The zero-order valence-corrected chi connectivity index (χ0v) is 19.3. The fourth-order valence-corrected chi connectivity index (χ4v) is 5.88. The Morgan fingerprint density at radius 2 is 1.94 bits per heavy atom. The number of hydrogen-bond donors (Lipinski definition) is 2. The van der Waals surface area contributed by atoms with Crippen molar-refractivity contribution in [2.24, 2.45) is 0 Å². The van der Waals surface area contributed by atoms with Gasteiger partial charge < -0.3 is 15.0 Å². The quantitative estimate of drug-likeness (QED) is 0.487. The van der Waals surface area contributed by atoms with E-state index < -0.39 is 9.84 Å². The molecule has 32 heavy (non-hydrogen) atoms. The second kappa shape index (κ2) is 9.89. The second-order valence-corrected chi connectivity index (χ2v) is 10.5. The minimum Gasteiger partial charge on any atom is -0.376 e. The molecular weight excluding hydrogens is 446 g/mol. The molecule has 9 heteroatoms. The lowest BCUT2D eigenvalue weighted by Gasteiger charge is -2.10. The number of benzene rings is 2. The van der Waals surface area contributed by atoms with Crippen molar-refractivity contribution < 1.29 is 17.9 Å². The molecule has 2 aromatic carbocycles. The number of amides is 1. The number of carbonyl (C=O) groups is 1. The molecule has 3 aromatic rings. The van der Waals surface area contributed by atoms with Gasteiger partial charge in [0.25, 0.3) is 0 Å². The molecule has 0 aliphatic carbocycles. The highest BCUT2D eigenvalue weighted by atomic mass is 32.2. The van der Waals surface area contributed by atoms with Crippen molar-refractivity contribution in [2.45, 2.75) is 40.8 Å². The van der Waals surface area contributed by atoms with Gasteiger partial charge in [0.15, 0.2) is 5.03 Å².